The first kappa shape index (κ1) is 14.6. The lowest BCUT2D eigenvalue weighted by atomic mass is 10.0. The first-order chi connectivity index (χ1) is 8.67. The van der Waals surface area contributed by atoms with Gasteiger partial charge in [-0.2, -0.15) is 0 Å². The number of hydrogen-bond donors (Lipinski definition) is 2. The number of hydrogen-bond acceptors (Lipinski definition) is 1. The molecule has 1 atom stereocenters. The van der Waals surface area contributed by atoms with Gasteiger partial charge in [-0.1, -0.05) is 36.8 Å². The van der Waals surface area contributed by atoms with Gasteiger partial charge in [-0.25, -0.2) is 0 Å². The Labute approximate surface area is 111 Å². The molecule has 0 spiro atoms. The molecule has 3 heteroatoms. The fourth-order valence-electron chi connectivity index (χ4n) is 1.74. The van der Waals surface area contributed by atoms with Gasteiger partial charge in [0.2, 0.25) is 0 Å². The molecular formula is C15H25N3. The highest BCUT2D eigenvalue weighted by molar-refractivity contribution is 5.79. The van der Waals surface area contributed by atoms with E-state index in [-0.39, 0.29) is 0 Å². The molecule has 3 nitrogen and oxygen atoms in total. The van der Waals surface area contributed by atoms with Gasteiger partial charge in [0.05, 0.1) is 0 Å². The van der Waals surface area contributed by atoms with Crippen molar-refractivity contribution in [3.05, 3.63) is 35.4 Å². The number of guanidine groups is 1. The van der Waals surface area contributed by atoms with E-state index < -0.39 is 0 Å². The number of aliphatic imine (C=N–C) groups is 1. The van der Waals surface area contributed by atoms with Crippen LogP contribution in [0.1, 0.15) is 37.8 Å². The molecular weight excluding hydrogens is 222 g/mol. The van der Waals surface area contributed by atoms with E-state index in [2.05, 4.69) is 67.6 Å². The van der Waals surface area contributed by atoms with Crippen molar-refractivity contribution in [2.75, 3.05) is 19.6 Å². The monoisotopic (exact) mass is 247 g/mol. The first-order valence-electron chi connectivity index (χ1n) is 6.76. The van der Waals surface area contributed by atoms with Crippen LogP contribution in [0.5, 0.6) is 0 Å². The summed E-state index contributed by atoms with van der Waals surface area (Å²) < 4.78 is 0. The normalized spacial score (nSPS) is 11.8. The van der Waals surface area contributed by atoms with E-state index in [1.54, 1.807) is 0 Å². The van der Waals surface area contributed by atoms with Crippen LogP contribution in [-0.4, -0.2) is 25.6 Å². The quantitative estimate of drug-likeness (QED) is 0.620. The van der Waals surface area contributed by atoms with Crippen LogP contribution < -0.4 is 10.6 Å². The van der Waals surface area contributed by atoms with Crippen LogP contribution in [0.25, 0.3) is 0 Å². The van der Waals surface area contributed by atoms with E-state index in [0.717, 1.165) is 25.6 Å². The van der Waals surface area contributed by atoms with Crippen molar-refractivity contribution in [1.29, 1.82) is 0 Å². The molecule has 100 valence electrons. The van der Waals surface area contributed by atoms with Gasteiger partial charge in [0, 0.05) is 25.6 Å². The van der Waals surface area contributed by atoms with E-state index >= 15 is 0 Å². The highest BCUT2D eigenvalue weighted by atomic mass is 15.2. The third kappa shape index (κ3) is 4.78. The van der Waals surface area contributed by atoms with Gasteiger partial charge in [-0.05, 0) is 26.3 Å². The van der Waals surface area contributed by atoms with Crippen molar-refractivity contribution < 1.29 is 0 Å². The molecule has 0 saturated heterocycles. The summed E-state index contributed by atoms with van der Waals surface area (Å²) >= 11 is 0. The fourth-order valence-corrected chi connectivity index (χ4v) is 1.74. The second-order valence-electron chi connectivity index (χ2n) is 4.56. The molecule has 18 heavy (non-hydrogen) atoms. The summed E-state index contributed by atoms with van der Waals surface area (Å²) in [6, 6.07) is 8.70. The Bertz CT molecular complexity index is 360. The van der Waals surface area contributed by atoms with E-state index in [1.165, 1.54) is 11.1 Å². The Morgan fingerprint density at radius 1 is 1.11 bits per heavy atom. The highest BCUT2D eigenvalue weighted by Crippen LogP contribution is 2.15. The predicted octanol–water partition coefficient (Wildman–Crippen LogP) is 2.67. The summed E-state index contributed by atoms with van der Waals surface area (Å²) in [4.78, 5) is 4.60. The zero-order valence-corrected chi connectivity index (χ0v) is 12.0. The lowest BCUT2D eigenvalue weighted by Gasteiger charge is -2.13. The van der Waals surface area contributed by atoms with Gasteiger partial charge >= 0.3 is 0 Å². The van der Waals surface area contributed by atoms with Gasteiger partial charge in [-0.15, -0.1) is 0 Å². The summed E-state index contributed by atoms with van der Waals surface area (Å²) in [5.41, 5.74) is 2.65. The molecule has 0 amide bonds. The molecule has 1 aromatic rings. The third-order valence-electron chi connectivity index (χ3n) is 2.86. The molecule has 0 heterocycles. The van der Waals surface area contributed by atoms with Gasteiger partial charge in [0.15, 0.2) is 5.96 Å². The Morgan fingerprint density at radius 3 is 2.17 bits per heavy atom. The van der Waals surface area contributed by atoms with Crippen LogP contribution in [0.3, 0.4) is 0 Å². The highest BCUT2D eigenvalue weighted by Gasteiger charge is 2.04. The summed E-state index contributed by atoms with van der Waals surface area (Å²) in [5, 5.41) is 6.48. The topological polar surface area (TPSA) is 36.4 Å². The summed E-state index contributed by atoms with van der Waals surface area (Å²) in [6.45, 7) is 11.1. The summed E-state index contributed by atoms with van der Waals surface area (Å²) in [7, 11) is 0. The summed E-state index contributed by atoms with van der Waals surface area (Å²) in [6.07, 6.45) is 0. The predicted molar refractivity (Wildman–Crippen MR) is 79.2 cm³/mol. The molecule has 0 aliphatic heterocycles. The van der Waals surface area contributed by atoms with Crippen molar-refractivity contribution >= 4 is 5.96 Å². The maximum atomic E-state index is 4.60. The Kier molecular flexibility index (Phi) is 6.26. The minimum absolute atomic E-state index is 0.443. The van der Waals surface area contributed by atoms with Gasteiger partial charge in [0.25, 0.3) is 0 Å². The zero-order chi connectivity index (χ0) is 13.4. The van der Waals surface area contributed by atoms with E-state index in [1.807, 2.05) is 0 Å². The van der Waals surface area contributed by atoms with Crippen molar-refractivity contribution in [2.24, 2.45) is 4.99 Å². The van der Waals surface area contributed by atoms with Crippen LogP contribution >= 0.6 is 0 Å². The molecule has 0 aliphatic carbocycles. The van der Waals surface area contributed by atoms with Crippen molar-refractivity contribution in [1.82, 2.24) is 10.6 Å². The molecule has 0 aliphatic rings. The third-order valence-corrected chi connectivity index (χ3v) is 2.86. The van der Waals surface area contributed by atoms with E-state index in [4.69, 9.17) is 0 Å². The van der Waals surface area contributed by atoms with E-state index in [0.29, 0.717) is 5.92 Å². The molecule has 0 aromatic heterocycles. The lowest BCUT2D eigenvalue weighted by Crippen LogP contribution is -2.37. The maximum Gasteiger partial charge on any atom is 0.191 e. The fraction of sp³-hybridized carbons (Fsp3) is 0.533. The van der Waals surface area contributed by atoms with Crippen LogP contribution in [0.15, 0.2) is 29.3 Å². The van der Waals surface area contributed by atoms with Gasteiger partial charge in [-0.3, -0.25) is 4.99 Å². The van der Waals surface area contributed by atoms with Crippen molar-refractivity contribution in [2.45, 2.75) is 33.6 Å². The largest absolute Gasteiger partial charge is 0.357 e. The van der Waals surface area contributed by atoms with Crippen LogP contribution in [-0.2, 0) is 0 Å². The minimum Gasteiger partial charge on any atom is -0.357 e. The minimum atomic E-state index is 0.443. The average Bonchev–Trinajstić information content (AvgIpc) is 2.37. The van der Waals surface area contributed by atoms with Crippen LogP contribution in [0, 0.1) is 6.92 Å². The lowest BCUT2D eigenvalue weighted by molar-refractivity contribution is 0.753. The molecule has 1 unspecified atom stereocenters. The standard InChI is InChI=1S/C15H25N3/c1-5-16-15(17-6-2)18-11-13(4)14-9-7-12(3)8-10-14/h7-10,13H,5-6,11H2,1-4H3,(H2,16,17,18). The van der Waals surface area contributed by atoms with Crippen LogP contribution in [0.4, 0.5) is 0 Å². The molecule has 0 radical (unpaired) electrons. The molecule has 2 N–H and O–H groups in total. The number of rotatable bonds is 5. The Balaban J connectivity index is 2.59. The Morgan fingerprint density at radius 2 is 1.67 bits per heavy atom. The van der Waals surface area contributed by atoms with Gasteiger partial charge < -0.3 is 10.6 Å². The number of aryl methyl sites for hydroxylation is 1. The second-order valence-corrected chi connectivity index (χ2v) is 4.56. The smallest absolute Gasteiger partial charge is 0.191 e. The summed E-state index contributed by atoms with van der Waals surface area (Å²) in [5.74, 6) is 1.34. The van der Waals surface area contributed by atoms with Crippen molar-refractivity contribution in [3.63, 3.8) is 0 Å². The molecule has 0 fully saturated rings. The van der Waals surface area contributed by atoms with Crippen LogP contribution in [0.2, 0.25) is 0 Å². The van der Waals surface area contributed by atoms with Crippen molar-refractivity contribution in [3.8, 4) is 0 Å². The number of nitrogens with one attached hydrogen (secondary N) is 2. The second kappa shape index (κ2) is 7.75. The SMILES string of the molecule is CCNC(=NCC(C)c1ccc(C)cc1)NCC. The molecule has 1 aromatic carbocycles. The number of nitrogens with zero attached hydrogens (tertiary/aromatic N) is 1. The van der Waals surface area contributed by atoms with E-state index in [9.17, 15) is 0 Å². The maximum absolute atomic E-state index is 4.60. The van der Waals surface area contributed by atoms with Gasteiger partial charge in [0.1, 0.15) is 0 Å². The average molecular weight is 247 g/mol. The zero-order valence-electron chi connectivity index (χ0n) is 12.0. The number of benzene rings is 1. The Hall–Kier alpha value is -1.51. The first-order valence-corrected chi connectivity index (χ1v) is 6.76. The molecule has 0 saturated carbocycles. The molecule has 1 rings (SSSR count). The molecule has 0 bridgehead atoms.